The molecule has 2 amide bonds. The van der Waals surface area contributed by atoms with Gasteiger partial charge in [0, 0.05) is 30.0 Å². The zero-order chi connectivity index (χ0) is 20.3. The van der Waals surface area contributed by atoms with Crippen molar-refractivity contribution in [1.29, 1.82) is 0 Å². The van der Waals surface area contributed by atoms with Gasteiger partial charge in [-0.05, 0) is 18.1 Å². The lowest BCUT2D eigenvalue weighted by Crippen LogP contribution is -2.32. The van der Waals surface area contributed by atoms with Gasteiger partial charge in [0.1, 0.15) is 5.69 Å². The molecule has 3 rings (SSSR count). The quantitative estimate of drug-likeness (QED) is 0.710. The van der Waals surface area contributed by atoms with Gasteiger partial charge in [0.15, 0.2) is 0 Å². The van der Waals surface area contributed by atoms with E-state index in [1.807, 2.05) is 38.1 Å². The summed E-state index contributed by atoms with van der Waals surface area (Å²) >= 11 is 3.42. The zero-order valence-corrected chi connectivity index (χ0v) is 17.5. The Morgan fingerprint density at radius 1 is 1.39 bits per heavy atom. The number of rotatable bonds is 6. The molecule has 1 aromatic heterocycles. The van der Waals surface area contributed by atoms with Gasteiger partial charge in [-0.1, -0.05) is 47.1 Å². The van der Waals surface area contributed by atoms with Crippen LogP contribution in [0.3, 0.4) is 0 Å². The standard InChI is InChI=1S/C19H22BrN5O3/c1-11(2)9-21-19(27)17-15(10-22-25(17)3)23-18(26)16-8-14(24-28-16)12-5-4-6-13(20)7-12/h4-7,10-11,16H,8-9H2,1-3H3,(H,21,27)(H,23,26). The van der Waals surface area contributed by atoms with Crippen molar-refractivity contribution in [2.24, 2.45) is 18.1 Å². The monoisotopic (exact) mass is 447 g/mol. The second-order valence-electron chi connectivity index (χ2n) is 6.97. The number of aryl methyl sites for hydroxylation is 1. The van der Waals surface area contributed by atoms with Gasteiger partial charge in [-0.3, -0.25) is 14.3 Å². The Kier molecular flexibility index (Phi) is 6.13. The number of oxime groups is 1. The normalized spacial score (nSPS) is 15.9. The smallest absolute Gasteiger partial charge is 0.271 e. The Balaban J connectivity index is 1.66. The summed E-state index contributed by atoms with van der Waals surface area (Å²) in [6.45, 7) is 4.55. The maximum absolute atomic E-state index is 12.6. The van der Waals surface area contributed by atoms with Crippen molar-refractivity contribution in [2.75, 3.05) is 11.9 Å². The zero-order valence-electron chi connectivity index (χ0n) is 15.9. The van der Waals surface area contributed by atoms with Crippen molar-refractivity contribution in [3.63, 3.8) is 0 Å². The summed E-state index contributed by atoms with van der Waals surface area (Å²) in [6, 6.07) is 7.64. The highest BCUT2D eigenvalue weighted by Crippen LogP contribution is 2.22. The van der Waals surface area contributed by atoms with Gasteiger partial charge in [0.25, 0.3) is 11.8 Å². The minimum atomic E-state index is -0.763. The van der Waals surface area contributed by atoms with E-state index in [0.717, 1.165) is 10.0 Å². The van der Waals surface area contributed by atoms with Crippen LogP contribution >= 0.6 is 15.9 Å². The molecule has 1 unspecified atom stereocenters. The van der Waals surface area contributed by atoms with Gasteiger partial charge >= 0.3 is 0 Å². The average molecular weight is 448 g/mol. The molecule has 8 nitrogen and oxygen atoms in total. The molecule has 0 radical (unpaired) electrons. The average Bonchev–Trinajstić information content (AvgIpc) is 3.27. The highest BCUT2D eigenvalue weighted by molar-refractivity contribution is 9.10. The molecule has 0 aliphatic carbocycles. The number of aromatic nitrogens is 2. The first kappa shape index (κ1) is 20.1. The Hall–Kier alpha value is -2.68. The van der Waals surface area contributed by atoms with Crippen LogP contribution < -0.4 is 10.6 Å². The van der Waals surface area contributed by atoms with Crippen molar-refractivity contribution in [2.45, 2.75) is 26.4 Å². The van der Waals surface area contributed by atoms with Gasteiger partial charge < -0.3 is 15.5 Å². The fourth-order valence-corrected chi connectivity index (χ4v) is 3.15. The van der Waals surface area contributed by atoms with Crippen molar-refractivity contribution in [3.05, 3.63) is 46.2 Å². The predicted octanol–water partition coefficient (Wildman–Crippen LogP) is 2.70. The van der Waals surface area contributed by atoms with E-state index in [2.05, 4.69) is 36.8 Å². The summed E-state index contributed by atoms with van der Waals surface area (Å²) < 4.78 is 2.36. The number of nitrogens with one attached hydrogen (secondary N) is 2. The maximum Gasteiger partial charge on any atom is 0.271 e. The third kappa shape index (κ3) is 4.59. The Labute approximate surface area is 171 Å². The SMILES string of the molecule is CC(C)CNC(=O)c1c(NC(=O)C2CC(c3cccc(Br)c3)=NO2)cnn1C. The van der Waals surface area contributed by atoms with E-state index < -0.39 is 6.10 Å². The molecule has 0 fully saturated rings. The maximum atomic E-state index is 12.6. The molecular formula is C19H22BrN5O3. The summed E-state index contributed by atoms with van der Waals surface area (Å²) in [5.41, 5.74) is 2.22. The predicted molar refractivity (Wildman–Crippen MR) is 109 cm³/mol. The summed E-state index contributed by atoms with van der Waals surface area (Å²) in [4.78, 5) is 30.4. The number of benzene rings is 1. The second-order valence-corrected chi connectivity index (χ2v) is 7.89. The van der Waals surface area contributed by atoms with E-state index >= 15 is 0 Å². The van der Waals surface area contributed by atoms with Crippen LogP contribution in [0.15, 0.2) is 40.1 Å². The van der Waals surface area contributed by atoms with Gasteiger partial charge in [-0.25, -0.2) is 0 Å². The summed E-state index contributed by atoms with van der Waals surface area (Å²) in [7, 11) is 1.65. The number of amides is 2. The molecular weight excluding hydrogens is 426 g/mol. The van der Waals surface area contributed by atoms with Crippen molar-refractivity contribution in [3.8, 4) is 0 Å². The highest BCUT2D eigenvalue weighted by atomic mass is 79.9. The topological polar surface area (TPSA) is 97.6 Å². The van der Waals surface area contributed by atoms with E-state index in [1.54, 1.807) is 7.05 Å². The van der Waals surface area contributed by atoms with Gasteiger partial charge in [-0.15, -0.1) is 0 Å². The minimum Gasteiger partial charge on any atom is -0.382 e. The molecule has 148 valence electrons. The van der Waals surface area contributed by atoms with Crippen LogP contribution in [-0.4, -0.2) is 40.0 Å². The number of hydrogen-bond acceptors (Lipinski definition) is 5. The van der Waals surface area contributed by atoms with Gasteiger partial charge in [0.2, 0.25) is 6.10 Å². The third-order valence-corrected chi connectivity index (χ3v) is 4.69. The largest absolute Gasteiger partial charge is 0.382 e. The number of carbonyl (C=O) groups is 2. The van der Waals surface area contributed by atoms with Crippen molar-refractivity contribution < 1.29 is 14.4 Å². The molecule has 2 N–H and O–H groups in total. The first-order chi connectivity index (χ1) is 13.3. The number of nitrogens with zero attached hydrogens (tertiary/aromatic N) is 3. The number of halogens is 1. The molecule has 0 saturated carbocycles. The molecule has 1 atom stereocenters. The lowest BCUT2D eigenvalue weighted by molar-refractivity contribution is -0.125. The Morgan fingerprint density at radius 2 is 2.18 bits per heavy atom. The number of hydrogen-bond donors (Lipinski definition) is 2. The van der Waals surface area contributed by atoms with Gasteiger partial charge in [0.05, 0.1) is 17.6 Å². The molecule has 9 heteroatoms. The first-order valence-corrected chi connectivity index (χ1v) is 9.74. The molecule has 28 heavy (non-hydrogen) atoms. The molecule has 1 aromatic carbocycles. The lowest BCUT2D eigenvalue weighted by atomic mass is 10.0. The van der Waals surface area contributed by atoms with Crippen LogP contribution in [0.2, 0.25) is 0 Å². The number of anilines is 1. The fraction of sp³-hybridized carbons (Fsp3) is 0.368. The molecule has 0 bridgehead atoms. The van der Waals surface area contributed by atoms with Crippen molar-refractivity contribution >= 4 is 39.1 Å². The van der Waals surface area contributed by atoms with E-state index in [-0.39, 0.29) is 11.8 Å². The van der Waals surface area contributed by atoms with Crippen LogP contribution in [0.5, 0.6) is 0 Å². The van der Waals surface area contributed by atoms with Crippen LogP contribution in [-0.2, 0) is 16.7 Å². The highest BCUT2D eigenvalue weighted by Gasteiger charge is 2.30. The van der Waals surface area contributed by atoms with Gasteiger partial charge in [-0.2, -0.15) is 5.10 Å². The minimum absolute atomic E-state index is 0.289. The molecule has 0 saturated heterocycles. The molecule has 1 aliphatic heterocycles. The lowest BCUT2D eigenvalue weighted by Gasteiger charge is -2.12. The van der Waals surface area contributed by atoms with E-state index in [4.69, 9.17) is 4.84 Å². The van der Waals surface area contributed by atoms with Crippen molar-refractivity contribution in [1.82, 2.24) is 15.1 Å². The summed E-state index contributed by atoms with van der Waals surface area (Å²) in [5.74, 6) is -0.349. The molecule has 0 spiro atoms. The molecule has 2 heterocycles. The second kappa shape index (κ2) is 8.55. The Bertz CT molecular complexity index is 922. The van der Waals surface area contributed by atoms with Crippen LogP contribution in [0.4, 0.5) is 5.69 Å². The third-order valence-electron chi connectivity index (χ3n) is 4.20. The van der Waals surface area contributed by atoms with Crippen LogP contribution in [0.1, 0.15) is 36.3 Å². The number of carbonyl (C=O) groups excluding carboxylic acids is 2. The van der Waals surface area contributed by atoms with E-state index in [1.165, 1.54) is 10.9 Å². The van der Waals surface area contributed by atoms with Crippen LogP contribution in [0, 0.1) is 5.92 Å². The fourth-order valence-electron chi connectivity index (χ4n) is 2.75. The van der Waals surface area contributed by atoms with E-state index in [0.29, 0.717) is 36.0 Å². The van der Waals surface area contributed by atoms with E-state index in [9.17, 15) is 9.59 Å². The molecule has 1 aliphatic rings. The van der Waals surface area contributed by atoms with Crippen LogP contribution in [0.25, 0.3) is 0 Å². The summed E-state index contributed by atoms with van der Waals surface area (Å²) in [6.07, 6.45) is 1.03. The first-order valence-electron chi connectivity index (χ1n) is 8.95. The Morgan fingerprint density at radius 3 is 2.89 bits per heavy atom. The summed E-state index contributed by atoms with van der Waals surface area (Å²) in [5, 5.41) is 13.7. The molecule has 2 aromatic rings.